The first-order valence-corrected chi connectivity index (χ1v) is 13.3. The molecule has 216 valence electrons. The van der Waals surface area contributed by atoms with Gasteiger partial charge in [-0.2, -0.15) is 5.10 Å². The largest absolute Gasteiger partial charge is 0.493 e. The van der Waals surface area contributed by atoms with E-state index in [-0.39, 0.29) is 28.7 Å². The van der Waals surface area contributed by atoms with E-state index >= 15 is 0 Å². The van der Waals surface area contributed by atoms with E-state index in [0.717, 1.165) is 10.5 Å². The van der Waals surface area contributed by atoms with E-state index in [9.17, 15) is 24.5 Å². The molecule has 4 rings (SSSR count). The Morgan fingerprint density at radius 1 is 0.860 bits per heavy atom. The lowest BCUT2D eigenvalue weighted by Crippen LogP contribution is -2.18. The number of halogens is 1. The summed E-state index contributed by atoms with van der Waals surface area (Å²) in [5, 5.41) is 17.7. The maximum atomic E-state index is 12.6. The molecule has 0 heterocycles. The van der Waals surface area contributed by atoms with Gasteiger partial charge in [-0.25, -0.2) is 10.2 Å². The first-order chi connectivity index (χ1) is 20.7. The summed E-state index contributed by atoms with van der Waals surface area (Å²) in [5.41, 5.74) is 4.53. The highest BCUT2D eigenvalue weighted by atomic mass is 79.9. The van der Waals surface area contributed by atoms with Crippen molar-refractivity contribution >= 4 is 57.4 Å². The first-order valence-electron chi connectivity index (χ1n) is 12.5. The van der Waals surface area contributed by atoms with Crippen LogP contribution in [0.1, 0.15) is 31.8 Å². The number of carbonyl (C=O) groups excluding carboxylic acids is 3. The third-order valence-electron chi connectivity index (χ3n) is 5.76. The summed E-state index contributed by atoms with van der Waals surface area (Å²) < 4.78 is 11.5. The molecular weight excluding hydrogens is 620 g/mol. The van der Waals surface area contributed by atoms with Gasteiger partial charge in [-0.15, -0.1) is 0 Å². The fourth-order valence-electron chi connectivity index (χ4n) is 3.67. The second-order valence-electron chi connectivity index (χ2n) is 8.76. The van der Waals surface area contributed by atoms with Crippen LogP contribution in [0.2, 0.25) is 0 Å². The minimum atomic E-state index is -0.714. The van der Waals surface area contributed by atoms with Crippen molar-refractivity contribution in [3.8, 4) is 11.5 Å². The molecule has 0 aromatic heterocycles. The van der Waals surface area contributed by atoms with Gasteiger partial charge in [0, 0.05) is 39.5 Å². The maximum absolute atomic E-state index is 12.6. The molecule has 0 spiro atoms. The molecule has 0 aliphatic heterocycles. The molecule has 2 N–H and O–H groups in total. The van der Waals surface area contributed by atoms with Crippen molar-refractivity contribution in [2.24, 2.45) is 5.10 Å². The van der Waals surface area contributed by atoms with Crippen molar-refractivity contribution in [3.63, 3.8) is 0 Å². The van der Waals surface area contributed by atoms with Gasteiger partial charge in [-0.3, -0.25) is 19.7 Å². The Kier molecular flexibility index (Phi) is 10.1. The summed E-state index contributed by atoms with van der Waals surface area (Å²) in [7, 11) is 1.40. The number of hydrogen-bond acceptors (Lipinski definition) is 8. The van der Waals surface area contributed by atoms with Crippen LogP contribution in [-0.4, -0.2) is 36.0 Å². The summed E-state index contributed by atoms with van der Waals surface area (Å²) in [6.45, 7) is 0. The predicted octanol–water partition coefficient (Wildman–Crippen LogP) is 6.00. The summed E-state index contributed by atoms with van der Waals surface area (Å²) in [4.78, 5) is 47.8. The van der Waals surface area contributed by atoms with Crippen molar-refractivity contribution in [2.75, 3.05) is 12.4 Å². The zero-order chi connectivity index (χ0) is 30.8. The lowest BCUT2D eigenvalue weighted by Gasteiger charge is -2.09. The Morgan fingerprint density at radius 2 is 1.63 bits per heavy atom. The lowest BCUT2D eigenvalue weighted by atomic mass is 10.1. The summed E-state index contributed by atoms with van der Waals surface area (Å²) >= 11 is 3.33. The Bertz CT molecular complexity index is 1740. The Morgan fingerprint density at radius 3 is 2.37 bits per heavy atom. The zero-order valence-electron chi connectivity index (χ0n) is 22.5. The fraction of sp³-hybridized carbons (Fsp3) is 0.0323. The zero-order valence-corrected chi connectivity index (χ0v) is 24.1. The molecule has 0 saturated heterocycles. The van der Waals surface area contributed by atoms with E-state index in [1.54, 1.807) is 60.7 Å². The van der Waals surface area contributed by atoms with Crippen LogP contribution in [0.15, 0.2) is 107 Å². The molecule has 2 amide bonds. The fourth-order valence-corrected chi connectivity index (χ4v) is 3.93. The molecule has 0 fully saturated rings. The van der Waals surface area contributed by atoms with Crippen molar-refractivity contribution in [3.05, 3.63) is 134 Å². The third kappa shape index (κ3) is 8.68. The first kappa shape index (κ1) is 30.3. The topological polar surface area (TPSA) is 149 Å². The smallest absolute Gasteiger partial charge is 0.336 e. The molecule has 43 heavy (non-hydrogen) atoms. The minimum Gasteiger partial charge on any atom is -0.493 e. The van der Waals surface area contributed by atoms with E-state index < -0.39 is 16.8 Å². The number of benzene rings is 4. The van der Waals surface area contributed by atoms with Crippen LogP contribution in [0.3, 0.4) is 0 Å². The number of methoxy groups -OCH3 is 1. The van der Waals surface area contributed by atoms with Gasteiger partial charge in [-0.05, 0) is 77.9 Å². The molecule has 12 heteroatoms. The highest BCUT2D eigenvalue weighted by molar-refractivity contribution is 9.10. The van der Waals surface area contributed by atoms with Gasteiger partial charge in [0.1, 0.15) is 0 Å². The Labute approximate surface area is 254 Å². The Balaban J connectivity index is 1.35. The van der Waals surface area contributed by atoms with Gasteiger partial charge in [0.2, 0.25) is 0 Å². The second-order valence-corrected chi connectivity index (χ2v) is 9.67. The van der Waals surface area contributed by atoms with Crippen LogP contribution in [0.25, 0.3) is 6.08 Å². The van der Waals surface area contributed by atoms with E-state index in [1.165, 1.54) is 49.7 Å². The summed E-state index contributed by atoms with van der Waals surface area (Å²) in [6, 6.07) is 23.8. The van der Waals surface area contributed by atoms with Crippen LogP contribution >= 0.6 is 15.9 Å². The standard InChI is InChI=1S/C31H23BrN4O7/c1-42-28-17-21(8-14-27(28)43-29(37)15-9-20-4-2-7-26(16-20)36(40)41)19-33-35-31(39)23-5-3-6-25(18-23)34-30(38)22-10-12-24(32)13-11-22/h2-19H,1H3,(H,34,38)(H,35,39)/b15-9+,33-19?. The normalized spacial score (nSPS) is 10.8. The van der Waals surface area contributed by atoms with Crippen LogP contribution in [-0.2, 0) is 4.79 Å². The monoisotopic (exact) mass is 642 g/mol. The quantitative estimate of drug-likeness (QED) is 0.0538. The van der Waals surface area contributed by atoms with Crippen molar-refractivity contribution in [1.29, 1.82) is 0 Å². The number of nitro benzene ring substituents is 1. The number of nitrogens with one attached hydrogen (secondary N) is 2. The van der Waals surface area contributed by atoms with Crippen LogP contribution < -0.4 is 20.2 Å². The third-order valence-corrected chi connectivity index (χ3v) is 6.29. The minimum absolute atomic E-state index is 0.0970. The lowest BCUT2D eigenvalue weighted by molar-refractivity contribution is -0.384. The number of nitrogens with zero attached hydrogens (tertiary/aromatic N) is 2. The van der Waals surface area contributed by atoms with Gasteiger partial charge in [0.05, 0.1) is 18.2 Å². The van der Waals surface area contributed by atoms with Crippen molar-refractivity contribution in [1.82, 2.24) is 5.43 Å². The molecule has 0 bridgehead atoms. The molecule has 4 aromatic carbocycles. The molecule has 0 aliphatic carbocycles. The number of nitro groups is 1. The number of non-ortho nitro benzene ring substituents is 1. The molecule has 11 nitrogen and oxygen atoms in total. The summed E-state index contributed by atoms with van der Waals surface area (Å²) in [5.74, 6) is -1.15. The average Bonchev–Trinajstić information content (AvgIpc) is 3.01. The number of amides is 2. The number of hydrazone groups is 1. The van der Waals surface area contributed by atoms with Crippen LogP contribution in [0, 0.1) is 10.1 Å². The molecule has 0 atom stereocenters. The predicted molar refractivity (Wildman–Crippen MR) is 164 cm³/mol. The van der Waals surface area contributed by atoms with E-state index in [0.29, 0.717) is 22.4 Å². The highest BCUT2D eigenvalue weighted by Crippen LogP contribution is 2.28. The molecule has 0 saturated carbocycles. The second kappa shape index (κ2) is 14.3. The number of rotatable bonds is 10. The van der Waals surface area contributed by atoms with E-state index in [1.807, 2.05) is 0 Å². The van der Waals surface area contributed by atoms with Gasteiger partial charge >= 0.3 is 5.97 Å². The number of anilines is 1. The average molecular weight is 643 g/mol. The van der Waals surface area contributed by atoms with Gasteiger partial charge < -0.3 is 14.8 Å². The highest BCUT2D eigenvalue weighted by Gasteiger charge is 2.11. The maximum Gasteiger partial charge on any atom is 0.336 e. The number of esters is 1. The Hall–Kier alpha value is -5.62. The number of hydrogen-bond donors (Lipinski definition) is 2. The summed E-state index contributed by atoms with van der Waals surface area (Å²) in [6.07, 6.45) is 3.93. The SMILES string of the molecule is COc1cc(C=NNC(=O)c2cccc(NC(=O)c3ccc(Br)cc3)c2)ccc1OC(=O)/C=C/c1cccc([N+](=O)[O-])c1. The molecular formula is C31H23BrN4O7. The van der Waals surface area contributed by atoms with Gasteiger partial charge in [0.15, 0.2) is 11.5 Å². The molecule has 0 aliphatic rings. The molecule has 0 radical (unpaired) electrons. The number of carbonyl (C=O) groups is 3. The van der Waals surface area contributed by atoms with E-state index in [4.69, 9.17) is 9.47 Å². The molecule has 0 unspecified atom stereocenters. The van der Waals surface area contributed by atoms with Crippen molar-refractivity contribution < 1.29 is 28.8 Å². The van der Waals surface area contributed by atoms with E-state index in [2.05, 4.69) is 31.8 Å². The van der Waals surface area contributed by atoms with Crippen LogP contribution in [0.5, 0.6) is 11.5 Å². The van der Waals surface area contributed by atoms with Gasteiger partial charge in [0.25, 0.3) is 17.5 Å². The molecule has 4 aromatic rings. The van der Waals surface area contributed by atoms with Gasteiger partial charge in [-0.1, -0.05) is 34.1 Å². The van der Waals surface area contributed by atoms with Crippen LogP contribution in [0.4, 0.5) is 11.4 Å². The van der Waals surface area contributed by atoms with Crippen molar-refractivity contribution in [2.45, 2.75) is 0 Å². The number of ether oxygens (including phenoxy) is 2.